The summed E-state index contributed by atoms with van der Waals surface area (Å²) in [6.07, 6.45) is 4.81. The maximum atomic E-state index is 2.78. The number of rotatable bonds is 2. The van der Waals surface area contributed by atoms with Gasteiger partial charge in [0.25, 0.3) is 0 Å². The summed E-state index contributed by atoms with van der Waals surface area (Å²) in [4.78, 5) is 5.36. The van der Waals surface area contributed by atoms with Gasteiger partial charge in [-0.05, 0) is 152 Å². The highest BCUT2D eigenvalue weighted by atomic mass is 32.1. The number of aryl methyl sites for hydroxylation is 1. The molecule has 0 spiro atoms. The van der Waals surface area contributed by atoms with Crippen LogP contribution in [-0.4, -0.2) is 6.85 Å². The maximum absolute atomic E-state index is 2.78. The van der Waals surface area contributed by atoms with E-state index in [1.807, 2.05) is 11.3 Å². The van der Waals surface area contributed by atoms with Gasteiger partial charge in [-0.3, -0.25) is 0 Å². The predicted molar refractivity (Wildman–Crippen MR) is 231 cm³/mol. The topological polar surface area (TPSA) is 6.48 Å². The monoisotopic (exact) mass is 710 g/mol. The van der Waals surface area contributed by atoms with E-state index < -0.39 is 0 Å². The molecular weight excluding hydrogens is 659 g/mol. The number of thiophene rings is 1. The first-order chi connectivity index (χ1) is 25.2. The van der Waals surface area contributed by atoms with E-state index in [-0.39, 0.29) is 28.5 Å². The average Bonchev–Trinajstić information content (AvgIpc) is 3.51. The van der Waals surface area contributed by atoms with Crippen LogP contribution in [0.5, 0.6) is 0 Å². The average molecular weight is 711 g/mol. The molecular formula is C49H51BN2S. The summed E-state index contributed by atoms with van der Waals surface area (Å²) in [6, 6.07) is 38.0. The van der Waals surface area contributed by atoms with Gasteiger partial charge >= 0.3 is 6.85 Å². The number of para-hydroxylation sites is 1. The normalized spacial score (nSPS) is 19.6. The van der Waals surface area contributed by atoms with Gasteiger partial charge in [-0.1, -0.05) is 104 Å². The molecule has 2 aliphatic heterocycles. The molecule has 4 aliphatic rings. The minimum absolute atomic E-state index is 0.0229. The fourth-order valence-electron chi connectivity index (χ4n) is 10.5. The van der Waals surface area contributed by atoms with Gasteiger partial charge < -0.3 is 9.71 Å². The fourth-order valence-corrected chi connectivity index (χ4v) is 11.7. The Bertz CT molecular complexity index is 2500. The molecule has 0 unspecified atom stereocenters. The van der Waals surface area contributed by atoms with Crippen molar-refractivity contribution in [3.8, 4) is 11.1 Å². The van der Waals surface area contributed by atoms with E-state index in [1.54, 1.807) is 0 Å². The van der Waals surface area contributed by atoms with Gasteiger partial charge in [0.1, 0.15) is 0 Å². The van der Waals surface area contributed by atoms with Crippen molar-refractivity contribution in [2.24, 2.45) is 0 Å². The van der Waals surface area contributed by atoms with Gasteiger partial charge in [0.2, 0.25) is 0 Å². The van der Waals surface area contributed by atoms with Crippen LogP contribution >= 0.6 is 11.3 Å². The Kier molecular flexibility index (Phi) is 6.86. The van der Waals surface area contributed by atoms with Crippen molar-refractivity contribution >= 4 is 66.9 Å². The molecule has 53 heavy (non-hydrogen) atoms. The number of hydrogen-bond donors (Lipinski definition) is 0. The summed E-state index contributed by atoms with van der Waals surface area (Å²) < 4.78 is 1.34. The maximum Gasteiger partial charge on any atom is 0.334 e. The molecule has 1 aromatic heterocycles. The Balaban J connectivity index is 1.36. The van der Waals surface area contributed by atoms with E-state index in [4.69, 9.17) is 0 Å². The summed E-state index contributed by atoms with van der Waals surface area (Å²) in [7, 11) is 0. The predicted octanol–water partition coefficient (Wildman–Crippen LogP) is 12.6. The van der Waals surface area contributed by atoms with Crippen LogP contribution in [0.1, 0.15) is 109 Å². The van der Waals surface area contributed by atoms with Gasteiger partial charge in [0.15, 0.2) is 0 Å². The number of benzene rings is 5. The van der Waals surface area contributed by atoms with Crippen LogP contribution in [0.15, 0.2) is 97.1 Å². The number of nitrogens with zero attached hydrogens (tertiary/aromatic N) is 2. The Labute approximate surface area is 321 Å². The van der Waals surface area contributed by atoms with E-state index >= 15 is 0 Å². The zero-order valence-electron chi connectivity index (χ0n) is 32.9. The molecule has 5 aromatic carbocycles. The van der Waals surface area contributed by atoms with Gasteiger partial charge in [-0.25, -0.2) is 0 Å². The lowest BCUT2D eigenvalue weighted by Crippen LogP contribution is -2.61. The lowest BCUT2D eigenvalue weighted by atomic mass is 9.43. The van der Waals surface area contributed by atoms with Gasteiger partial charge in [-0.15, -0.1) is 11.3 Å². The van der Waals surface area contributed by atoms with Crippen molar-refractivity contribution in [3.63, 3.8) is 0 Å². The molecule has 0 saturated carbocycles. The molecule has 266 valence electrons. The number of anilines is 5. The first kappa shape index (κ1) is 33.3. The zero-order chi connectivity index (χ0) is 36.8. The van der Waals surface area contributed by atoms with Crippen molar-refractivity contribution in [2.75, 3.05) is 9.71 Å². The molecule has 4 heteroatoms. The van der Waals surface area contributed by atoms with E-state index in [2.05, 4.69) is 169 Å². The van der Waals surface area contributed by atoms with Crippen molar-refractivity contribution in [1.82, 2.24) is 0 Å². The highest BCUT2D eigenvalue weighted by Crippen LogP contribution is 2.55. The molecule has 2 nitrogen and oxygen atoms in total. The molecule has 2 aliphatic carbocycles. The quantitative estimate of drug-likeness (QED) is 0.165. The summed E-state index contributed by atoms with van der Waals surface area (Å²) in [5.74, 6) is 0. The van der Waals surface area contributed by atoms with Crippen LogP contribution in [0.4, 0.5) is 27.8 Å². The van der Waals surface area contributed by atoms with Crippen LogP contribution in [0, 0.1) is 6.92 Å². The molecule has 0 N–H and O–H groups in total. The highest BCUT2D eigenvalue weighted by molar-refractivity contribution is 7.26. The van der Waals surface area contributed by atoms with Gasteiger partial charge in [-0.2, -0.15) is 0 Å². The lowest BCUT2D eigenvalue weighted by Gasteiger charge is -2.48. The Morgan fingerprint density at radius 1 is 0.528 bits per heavy atom. The van der Waals surface area contributed by atoms with E-state index in [9.17, 15) is 0 Å². The van der Waals surface area contributed by atoms with Crippen molar-refractivity contribution in [1.29, 1.82) is 0 Å². The minimum Gasteiger partial charge on any atom is -0.376 e. The summed E-state index contributed by atoms with van der Waals surface area (Å²) in [6.45, 7) is 22.0. The SMILES string of the molecule is Cc1cc2c3c(c1)N(c1ccccc1)c1sc4ccccc4c1B3N(c1ccc3c(c1)C(C)(C)CCC3(C)C)c1cc3c(cc1-2)C(C)(C)CCC3(C)C. The molecule has 0 atom stereocenters. The molecule has 0 amide bonds. The first-order valence-corrected chi connectivity index (χ1v) is 20.6. The second kappa shape index (κ2) is 10.9. The smallest absolute Gasteiger partial charge is 0.334 e. The van der Waals surface area contributed by atoms with Gasteiger partial charge in [0, 0.05) is 33.0 Å². The number of hydrogen-bond acceptors (Lipinski definition) is 3. The molecule has 0 saturated heterocycles. The molecule has 0 bridgehead atoms. The fraction of sp³-hybridized carbons (Fsp3) is 0.347. The molecule has 10 rings (SSSR count). The lowest BCUT2D eigenvalue weighted by molar-refractivity contribution is 0.332. The summed E-state index contributed by atoms with van der Waals surface area (Å²) >= 11 is 1.94. The largest absolute Gasteiger partial charge is 0.376 e. The van der Waals surface area contributed by atoms with Crippen LogP contribution in [0.3, 0.4) is 0 Å². The third-order valence-electron chi connectivity index (χ3n) is 13.8. The Morgan fingerprint density at radius 3 is 1.83 bits per heavy atom. The zero-order valence-corrected chi connectivity index (χ0v) is 33.8. The summed E-state index contributed by atoms with van der Waals surface area (Å²) in [5.41, 5.74) is 18.6. The van der Waals surface area contributed by atoms with Crippen LogP contribution in [-0.2, 0) is 21.7 Å². The van der Waals surface area contributed by atoms with E-state index in [0.29, 0.717) is 0 Å². The van der Waals surface area contributed by atoms with Crippen molar-refractivity contribution in [3.05, 3.63) is 125 Å². The highest BCUT2D eigenvalue weighted by Gasteiger charge is 2.49. The standard InChI is InChI=1S/C49H51BN2S/c1-30-25-35-34-28-38-39(49(8,9)24-23-48(38,6)7)29-40(34)52(32-19-20-36-37(27-32)47(4,5)22-21-46(36,2)3)50-43(35)41(26-30)51(31-15-11-10-12-16-31)45-44(50)33-17-13-14-18-42(33)53-45/h10-20,25-29H,21-24H2,1-9H3. The summed E-state index contributed by atoms with van der Waals surface area (Å²) in [5, 5.41) is 2.70. The number of fused-ring (bicyclic) bond motifs is 8. The first-order valence-electron chi connectivity index (χ1n) is 19.8. The third-order valence-corrected chi connectivity index (χ3v) is 15.0. The Hall–Kier alpha value is -4.28. The van der Waals surface area contributed by atoms with Crippen molar-refractivity contribution in [2.45, 2.75) is 110 Å². The van der Waals surface area contributed by atoms with Crippen LogP contribution < -0.4 is 20.6 Å². The van der Waals surface area contributed by atoms with E-state index in [1.165, 1.54) is 113 Å². The molecule has 6 aromatic rings. The molecule has 0 fully saturated rings. The third kappa shape index (κ3) is 4.70. The second-order valence-electron chi connectivity index (χ2n) is 19.2. The molecule has 3 heterocycles. The Morgan fingerprint density at radius 2 is 1.13 bits per heavy atom. The minimum atomic E-state index is 0.0229. The van der Waals surface area contributed by atoms with Crippen LogP contribution in [0.25, 0.3) is 21.2 Å². The van der Waals surface area contributed by atoms with Crippen molar-refractivity contribution < 1.29 is 0 Å². The van der Waals surface area contributed by atoms with E-state index in [0.717, 1.165) is 0 Å². The van der Waals surface area contributed by atoms with Gasteiger partial charge in [0.05, 0.1) is 5.00 Å². The second-order valence-corrected chi connectivity index (χ2v) is 20.2. The van der Waals surface area contributed by atoms with Crippen LogP contribution in [0.2, 0.25) is 0 Å². The molecule has 0 radical (unpaired) electrons.